The molecule has 1 N–H and O–H groups in total. The first-order chi connectivity index (χ1) is 21.6. The van der Waals surface area contributed by atoms with Crippen molar-refractivity contribution >= 4 is 23.5 Å². The van der Waals surface area contributed by atoms with Gasteiger partial charge in [0.2, 0.25) is 0 Å². The molecule has 0 aliphatic rings. The number of aliphatic carboxylic acids is 1. The lowest BCUT2D eigenvalue weighted by molar-refractivity contribution is -0.152. The number of hydrogen-bond donors (Lipinski definition) is 1. The first-order valence-corrected chi connectivity index (χ1v) is 14.7. The summed E-state index contributed by atoms with van der Waals surface area (Å²) in [6.07, 6.45) is -4.08. The Morgan fingerprint density at radius 2 is 1.47 bits per heavy atom. The van der Waals surface area contributed by atoms with Crippen LogP contribution in [0.1, 0.15) is 46.1 Å². The van der Waals surface area contributed by atoms with Gasteiger partial charge in [-0.05, 0) is 46.9 Å². The SMILES string of the molecule is COC(=O)C(C(=O)O)c1cccc(OCCCN(Cc2cccc(C(F)(F)F)c2Cl)CC(c2ccccc2)c2ccccc2)c1. The summed E-state index contributed by atoms with van der Waals surface area (Å²) in [4.78, 5) is 25.8. The Morgan fingerprint density at radius 3 is 2.04 bits per heavy atom. The molecule has 0 aromatic heterocycles. The molecule has 6 nitrogen and oxygen atoms in total. The van der Waals surface area contributed by atoms with Gasteiger partial charge in [0.15, 0.2) is 5.92 Å². The first kappa shape index (κ1) is 33.6. The Labute approximate surface area is 265 Å². The van der Waals surface area contributed by atoms with Crippen LogP contribution in [-0.4, -0.2) is 48.8 Å². The number of carbonyl (C=O) groups is 2. The lowest BCUT2D eigenvalue weighted by atomic mass is 9.90. The second-order valence-corrected chi connectivity index (χ2v) is 10.8. The van der Waals surface area contributed by atoms with Crippen LogP contribution in [0.3, 0.4) is 0 Å². The number of methoxy groups -OCH3 is 1. The maximum atomic E-state index is 13.6. The summed E-state index contributed by atoms with van der Waals surface area (Å²) in [6.45, 7) is 1.36. The first-order valence-electron chi connectivity index (χ1n) is 14.3. The molecular formula is C35H33ClF3NO5. The number of carboxylic acids is 1. The van der Waals surface area contributed by atoms with E-state index in [2.05, 4.69) is 9.64 Å². The largest absolute Gasteiger partial charge is 0.494 e. The van der Waals surface area contributed by atoms with E-state index in [4.69, 9.17) is 16.3 Å². The number of esters is 1. The smallest absolute Gasteiger partial charge is 0.417 e. The molecule has 236 valence electrons. The molecule has 0 aliphatic carbocycles. The van der Waals surface area contributed by atoms with Gasteiger partial charge >= 0.3 is 18.1 Å². The van der Waals surface area contributed by atoms with E-state index in [0.717, 1.165) is 24.3 Å². The molecule has 45 heavy (non-hydrogen) atoms. The van der Waals surface area contributed by atoms with Crippen LogP contribution in [-0.2, 0) is 27.0 Å². The molecule has 0 saturated carbocycles. The van der Waals surface area contributed by atoms with Crippen LogP contribution in [0.15, 0.2) is 103 Å². The molecule has 4 aromatic carbocycles. The molecule has 0 saturated heterocycles. The average Bonchev–Trinajstić information content (AvgIpc) is 3.03. The van der Waals surface area contributed by atoms with Crippen molar-refractivity contribution in [2.45, 2.75) is 31.0 Å². The zero-order valence-electron chi connectivity index (χ0n) is 24.5. The monoisotopic (exact) mass is 639 g/mol. The summed E-state index contributed by atoms with van der Waals surface area (Å²) in [7, 11) is 1.12. The predicted molar refractivity (Wildman–Crippen MR) is 165 cm³/mol. The number of hydrogen-bond acceptors (Lipinski definition) is 5. The van der Waals surface area contributed by atoms with Crippen molar-refractivity contribution in [2.75, 3.05) is 26.8 Å². The van der Waals surface area contributed by atoms with Crippen molar-refractivity contribution in [3.8, 4) is 5.75 Å². The van der Waals surface area contributed by atoms with E-state index in [9.17, 15) is 27.9 Å². The zero-order chi connectivity index (χ0) is 32.4. The molecule has 0 amide bonds. The van der Waals surface area contributed by atoms with Crippen molar-refractivity contribution in [1.82, 2.24) is 4.90 Å². The van der Waals surface area contributed by atoms with Gasteiger partial charge in [-0.1, -0.05) is 96.5 Å². The number of benzene rings is 4. The van der Waals surface area contributed by atoms with Crippen molar-refractivity contribution < 1.29 is 37.3 Å². The van der Waals surface area contributed by atoms with Gasteiger partial charge in [-0.15, -0.1) is 0 Å². The number of ether oxygens (including phenoxy) is 2. The van der Waals surface area contributed by atoms with Crippen molar-refractivity contribution in [1.29, 1.82) is 0 Å². The third-order valence-corrected chi connectivity index (χ3v) is 7.83. The molecule has 0 aliphatic heterocycles. The highest BCUT2D eigenvalue weighted by molar-refractivity contribution is 6.32. The van der Waals surface area contributed by atoms with Crippen molar-refractivity contribution in [2.24, 2.45) is 0 Å². The fourth-order valence-electron chi connectivity index (χ4n) is 5.19. The number of halogens is 4. The second-order valence-electron chi connectivity index (χ2n) is 10.5. The fourth-order valence-corrected chi connectivity index (χ4v) is 5.48. The maximum absolute atomic E-state index is 13.6. The summed E-state index contributed by atoms with van der Waals surface area (Å²) >= 11 is 6.30. The standard InChI is InChI=1S/C35H33ClF3NO5/c1-44-34(43)31(33(41)42)26-15-8-17-28(21-26)45-20-10-19-40(22-27-16-9-18-30(32(27)36)35(37,38)39)23-29(24-11-4-2-5-12-24)25-13-6-3-7-14-25/h2-9,11-18,21,29,31H,10,19-20,22-23H2,1H3,(H,41,42). The van der Waals surface area contributed by atoms with Crippen LogP contribution < -0.4 is 4.74 Å². The van der Waals surface area contributed by atoms with Crippen LogP contribution in [0, 0.1) is 0 Å². The van der Waals surface area contributed by atoms with Gasteiger partial charge in [0, 0.05) is 25.6 Å². The van der Waals surface area contributed by atoms with E-state index in [-0.39, 0.29) is 29.7 Å². The van der Waals surface area contributed by atoms with Gasteiger partial charge in [0.05, 0.1) is 24.3 Å². The van der Waals surface area contributed by atoms with Gasteiger partial charge < -0.3 is 14.6 Å². The Bertz CT molecular complexity index is 1530. The van der Waals surface area contributed by atoms with Gasteiger partial charge in [-0.3, -0.25) is 14.5 Å². The van der Waals surface area contributed by atoms with E-state index < -0.39 is 29.6 Å². The minimum absolute atomic E-state index is 0.0687. The molecule has 4 aromatic rings. The summed E-state index contributed by atoms with van der Waals surface area (Å²) in [5, 5.41) is 9.19. The Kier molecular flexibility index (Phi) is 11.6. The molecule has 0 fully saturated rings. The van der Waals surface area contributed by atoms with E-state index in [0.29, 0.717) is 30.8 Å². The third kappa shape index (κ3) is 9.09. The Morgan fingerprint density at radius 1 is 0.867 bits per heavy atom. The Hall–Kier alpha value is -4.34. The van der Waals surface area contributed by atoms with Crippen LogP contribution in [0.4, 0.5) is 13.2 Å². The third-order valence-electron chi connectivity index (χ3n) is 7.39. The van der Waals surface area contributed by atoms with Gasteiger partial charge in [0.1, 0.15) is 5.75 Å². The molecular weight excluding hydrogens is 607 g/mol. The highest BCUT2D eigenvalue weighted by Crippen LogP contribution is 2.37. The lowest BCUT2D eigenvalue weighted by Gasteiger charge is -2.29. The summed E-state index contributed by atoms with van der Waals surface area (Å²) in [5.74, 6) is -3.41. The molecule has 1 atom stereocenters. The number of rotatable bonds is 14. The van der Waals surface area contributed by atoms with Crippen LogP contribution in [0.2, 0.25) is 5.02 Å². The van der Waals surface area contributed by atoms with Crippen LogP contribution in [0.25, 0.3) is 0 Å². The maximum Gasteiger partial charge on any atom is 0.417 e. The second kappa shape index (κ2) is 15.6. The van der Waals surface area contributed by atoms with Gasteiger partial charge in [-0.25, -0.2) is 0 Å². The van der Waals surface area contributed by atoms with Crippen LogP contribution >= 0.6 is 11.6 Å². The lowest BCUT2D eigenvalue weighted by Crippen LogP contribution is -2.31. The van der Waals surface area contributed by atoms with Crippen molar-refractivity contribution in [3.63, 3.8) is 0 Å². The highest BCUT2D eigenvalue weighted by Gasteiger charge is 2.34. The van der Waals surface area contributed by atoms with Gasteiger partial charge in [0.25, 0.3) is 0 Å². The van der Waals surface area contributed by atoms with E-state index in [1.807, 2.05) is 60.7 Å². The molecule has 1 unspecified atom stereocenters. The normalized spacial score (nSPS) is 12.2. The predicted octanol–water partition coefficient (Wildman–Crippen LogP) is 7.80. The molecule has 0 spiro atoms. The van der Waals surface area contributed by atoms with E-state index in [1.165, 1.54) is 18.2 Å². The minimum atomic E-state index is -4.58. The average molecular weight is 640 g/mol. The van der Waals surface area contributed by atoms with Crippen molar-refractivity contribution in [3.05, 3.63) is 136 Å². The summed E-state index contributed by atoms with van der Waals surface area (Å²) in [5.41, 5.74) is 1.84. The van der Waals surface area contributed by atoms with Gasteiger partial charge in [-0.2, -0.15) is 13.2 Å². The Balaban J connectivity index is 1.55. The topological polar surface area (TPSA) is 76.1 Å². The molecule has 0 heterocycles. The number of carboxylic acid groups (broad SMARTS) is 1. The molecule has 0 bridgehead atoms. The van der Waals surface area contributed by atoms with Crippen LogP contribution in [0.5, 0.6) is 5.75 Å². The number of nitrogens with zero attached hydrogens (tertiary/aromatic N) is 1. The molecule has 0 radical (unpaired) electrons. The van der Waals surface area contributed by atoms with E-state index in [1.54, 1.807) is 18.2 Å². The molecule has 4 rings (SSSR count). The number of alkyl halides is 3. The minimum Gasteiger partial charge on any atom is -0.494 e. The molecule has 10 heteroatoms. The summed E-state index contributed by atoms with van der Waals surface area (Å²) < 4.78 is 51.5. The zero-order valence-corrected chi connectivity index (χ0v) is 25.3. The van der Waals surface area contributed by atoms with E-state index >= 15 is 0 Å². The fraction of sp³-hybridized carbons (Fsp3) is 0.257. The summed E-state index contributed by atoms with van der Waals surface area (Å²) in [6, 6.07) is 30.0. The number of carbonyl (C=O) groups excluding carboxylic acids is 1. The highest BCUT2D eigenvalue weighted by atomic mass is 35.5. The quantitative estimate of drug-likeness (QED) is 0.0862.